The van der Waals surface area contributed by atoms with Gasteiger partial charge >= 0.3 is 5.97 Å². The summed E-state index contributed by atoms with van der Waals surface area (Å²) >= 11 is 3.48. The van der Waals surface area contributed by atoms with Gasteiger partial charge in [0.1, 0.15) is 17.1 Å². The molecule has 0 aliphatic rings. The zero-order chi connectivity index (χ0) is 19.4. The maximum absolute atomic E-state index is 12.5. The molecule has 140 valence electrons. The second-order valence-electron chi connectivity index (χ2n) is 5.62. The predicted molar refractivity (Wildman–Crippen MR) is 108 cm³/mol. The fraction of sp³-hybridized carbons (Fsp3) is 0.200. The van der Waals surface area contributed by atoms with Crippen LogP contribution in [0.2, 0.25) is 0 Å². The number of methoxy groups -OCH3 is 2. The molecule has 3 aromatic rings. The number of halogens is 1. The molecule has 0 amide bonds. The first-order valence-electron chi connectivity index (χ1n) is 8.31. The topological polar surface area (TPSA) is 69.7 Å². The third-order valence-corrected chi connectivity index (χ3v) is 4.48. The molecule has 0 spiro atoms. The van der Waals surface area contributed by atoms with Crippen molar-refractivity contribution in [1.82, 2.24) is 4.98 Å². The van der Waals surface area contributed by atoms with Gasteiger partial charge in [0.2, 0.25) is 0 Å². The molecule has 0 atom stereocenters. The number of pyridine rings is 1. The van der Waals surface area contributed by atoms with E-state index in [1.807, 2.05) is 18.2 Å². The number of nitrogens with zero attached hydrogens (tertiary/aromatic N) is 1. The highest BCUT2D eigenvalue weighted by Gasteiger charge is 2.18. The Morgan fingerprint density at radius 3 is 2.67 bits per heavy atom. The second-order valence-corrected chi connectivity index (χ2v) is 6.54. The minimum Gasteiger partial charge on any atom is -0.497 e. The minimum absolute atomic E-state index is 0.275. The molecule has 6 nitrogen and oxygen atoms in total. The molecule has 7 heteroatoms. The van der Waals surface area contributed by atoms with Gasteiger partial charge in [-0.25, -0.2) is 4.79 Å². The molecule has 1 aromatic heterocycles. The van der Waals surface area contributed by atoms with Crippen molar-refractivity contribution in [2.24, 2.45) is 0 Å². The Balaban J connectivity index is 2.20. The lowest BCUT2D eigenvalue weighted by Crippen LogP contribution is -2.09. The predicted octanol–water partition coefficient (Wildman–Crippen LogP) is 4.93. The van der Waals surface area contributed by atoms with Gasteiger partial charge in [-0.3, -0.25) is 4.98 Å². The van der Waals surface area contributed by atoms with E-state index in [9.17, 15) is 4.79 Å². The summed E-state index contributed by atoms with van der Waals surface area (Å²) in [5.41, 5.74) is 2.34. The van der Waals surface area contributed by atoms with Crippen LogP contribution in [0.4, 0.5) is 11.4 Å². The van der Waals surface area contributed by atoms with Gasteiger partial charge in [-0.1, -0.05) is 15.9 Å². The van der Waals surface area contributed by atoms with Gasteiger partial charge in [-0.05, 0) is 37.3 Å². The smallest absolute Gasteiger partial charge is 0.341 e. The summed E-state index contributed by atoms with van der Waals surface area (Å²) in [6, 6.07) is 11.1. The van der Waals surface area contributed by atoms with Crippen LogP contribution < -0.4 is 14.8 Å². The fourth-order valence-electron chi connectivity index (χ4n) is 2.71. The Kier molecular flexibility index (Phi) is 5.81. The number of rotatable bonds is 6. The van der Waals surface area contributed by atoms with Crippen LogP contribution >= 0.6 is 15.9 Å². The number of carbonyl (C=O) groups excluding carboxylic acids is 1. The Labute approximate surface area is 165 Å². The number of esters is 1. The lowest BCUT2D eigenvalue weighted by Gasteiger charge is -2.17. The third kappa shape index (κ3) is 3.98. The molecule has 0 fully saturated rings. The van der Waals surface area contributed by atoms with E-state index >= 15 is 0 Å². The maximum atomic E-state index is 12.5. The van der Waals surface area contributed by atoms with Crippen molar-refractivity contribution in [3.63, 3.8) is 0 Å². The lowest BCUT2D eigenvalue weighted by atomic mass is 10.1. The number of anilines is 2. The van der Waals surface area contributed by atoms with E-state index in [1.54, 1.807) is 39.3 Å². The van der Waals surface area contributed by atoms with Gasteiger partial charge in [0.15, 0.2) is 0 Å². The SMILES string of the molecule is CCOC(=O)c1cnc2ccc(Br)cc2c1Nc1cc(OC)ccc1OC. The summed E-state index contributed by atoms with van der Waals surface area (Å²) in [7, 11) is 3.18. The van der Waals surface area contributed by atoms with Gasteiger partial charge in [-0.2, -0.15) is 0 Å². The normalized spacial score (nSPS) is 10.5. The summed E-state index contributed by atoms with van der Waals surface area (Å²) in [5.74, 6) is 0.831. The van der Waals surface area contributed by atoms with Gasteiger partial charge in [0.05, 0.1) is 37.7 Å². The molecule has 0 saturated carbocycles. The second kappa shape index (κ2) is 8.26. The van der Waals surface area contributed by atoms with Gasteiger partial charge in [0.25, 0.3) is 0 Å². The monoisotopic (exact) mass is 430 g/mol. The number of nitrogens with one attached hydrogen (secondary N) is 1. The molecule has 1 heterocycles. The van der Waals surface area contributed by atoms with E-state index in [0.29, 0.717) is 28.4 Å². The molecule has 3 rings (SSSR count). The molecule has 0 unspecified atom stereocenters. The third-order valence-electron chi connectivity index (χ3n) is 3.99. The quantitative estimate of drug-likeness (QED) is 0.558. The molecule has 0 radical (unpaired) electrons. The van der Waals surface area contributed by atoms with Crippen LogP contribution in [0.3, 0.4) is 0 Å². The lowest BCUT2D eigenvalue weighted by molar-refractivity contribution is 0.0527. The first-order chi connectivity index (χ1) is 13.1. The number of carbonyl (C=O) groups is 1. The number of hydrogen-bond donors (Lipinski definition) is 1. The number of hydrogen-bond acceptors (Lipinski definition) is 6. The van der Waals surface area contributed by atoms with Crippen molar-refractivity contribution in [1.29, 1.82) is 0 Å². The largest absolute Gasteiger partial charge is 0.497 e. The number of fused-ring (bicyclic) bond motifs is 1. The first-order valence-corrected chi connectivity index (χ1v) is 9.11. The molecular formula is C20H19BrN2O4. The van der Waals surface area contributed by atoms with E-state index in [-0.39, 0.29) is 6.61 Å². The summed E-state index contributed by atoms with van der Waals surface area (Å²) < 4.78 is 16.8. The van der Waals surface area contributed by atoms with Crippen molar-refractivity contribution in [2.75, 3.05) is 26.1 Å². The van der Waals surface area contributed by atoms with Crippen LogP contribution in [0, 0.1) is 0 Å². The number of ether oxygens (including phenoxy) is 3. The van der Waals surface area contributed by atoms with Crippen molar-refractivity contribution >= 4 is 44.2 Å². The number of aromatic nitrogens is 1. The summed E-state index contributed by atoms with van der Waals surface area (Å²) in [5, 5.41) is 4.09. The molecule has 1 N–H and O–H groups in total. The van der Waals surface area contributed by atoms with Crippen LogP contribution in [0.25, 0.3) is 10.9 Å². The van der Waals surface area contributed by atoms with Crippen molar-refractivity contribution in [2.45, 2.75) is 6.92 Å². The minimum atomic E-state index is -0.448. The van der Waals surface area contributed by atoms with Crippen LogP contribution in [-0.4, -0.2) is 31.8 Å². The van der Waals surface area contributed by atoms with Crippen molar-refractivity contribution < 1.29 is 19.0 Å². The Bertz CT molecular complexity index is 991. The van der Waals surface area contributed by atoms with E-state index in [4.69, 9.17) is 14.2 Å². The van der Waals surface area contributed by atoms with Gasteiger partial charge in [0, 0.05) is 22.1 Å². The molecular weight excluding hydrogens is 412 g/mol. The highest BCUT2D eigenvalue weighted by atomic mass is 79.9. The zero-order valence-corrected chi connectivity index (χ0v) is 16.8. The maximum Gasteiger partial charge on any atom is 0.341 e. The highest BCUT2D eigenvalue weighted by molar-refractivity contribution is 9.10. The standard InChI is InChI=1S/C20H19BrN2O4/c1-4-27-20(24)15-11-22-16-7-5-12(21)9-14(16)19(15)23-17-10-13(25-2)6-8-18(17)26-3/h5-11H,4H2,1-3H3,(H,22,23). The van der Waals surface area contributed by atoms with Crippen LogP contribution in [-0.2, 0) is 4.74 Å². The molecule has 0 saturated heterocycles. The van der Waals surface area contributed by atoms with Crippen molar-refractivity contribution in [3.05, 3.63) is 52.6 Å². The Morgan fingerprint density at radius 1 is 1.15 bits per heavy atom. The fourth-order valence-corrected chi connectivity index (χ4v) is 3.07. The van der Waals surface area contributed by atoms with Crippen molar-refractivity contribution in [3.8, 4) is 11.5 Å². The summed E-state index contributed by atoms with van der Waals surface area (Å²) in [4.78, 5) is 16.9. The average Bonchev–Trinajstić information content (AvgIpc) is 2.68. The van der Waals surface area contributed by atoms with E-state index in [2.05, 4.69) is 26.2 Å². The summed E-state index contributed by atoms with van der Waals surface area (Å²) in [6.07, 6.45) is 1.52. The van der Waals surface area contributed by atoms with Crippen LogP contribution in [0.5, 0.6) is 11.5 Å². The first kappa shape index (κ1) is 19.0. The molecule has 0 bridgehead atoms. The average molecular weight is 431 g/mol. The molecule has 0 aliphatic carbocycles. The van der Waals surface area contributed by atoms with E-state index in [0.717, 1.165) is 15.4 Å². The van der Waals surface area contributed by atoms with E-state index in [1.165, 1.54) is 6.20 Å². The van der Waals surface area contributed by atoms with Gasteiger partial charge < -0.3 is 19.5 Å². The zero-order valence-electron chi connectivity index (χ0n) is 15.2. The van der Waals surface area contributed by atoms with Gasteiger partial charge in [-0.15, -0.1) is 0 Å². The number of benzene rings is 2. The van der Waals surface area contributed by atoms with Crippen LogP contribution in [0.1, 0.15) is 17.3 Å². The van der Waals surface area contributed by atoms with E-state index < -0.39 is 5.97 Å². The Morgan fingerprint density at radius 2 is 1.96 bits per heavy atom. The highest BCUT2D eigenvalue weighted by Crippen LogP contribution is 2.36. The molecule has 0 aliphatic heterocycles. The Hall–Kier alpha value is -2.80. The van der Waals surface area contributed by atoms with Crippen LogP contribution in [0.15, 0.2) is 47.1 Å². The summed E-state index contributed by atoms with van der Waals surface area (Å²) in [6.45, 7) is 2.04. The molecule has 27 heavy (non-hydrogen) atoms. The molecule has 2 aromatic carbocycles.